The third-order valence-electron chi connectivity index (χ3n) is 3.74. The first-order chi connectivity index (χ1) is 11.1. The van der Waals surface area contributed by atoms with E-state index in [1.165, 1.54) is 0 Å². The maximum Gasteiger partial charge on any atom is 0.416 e. The maximum absolute atomic E-state index is 13.7. The fourth-order valence-corrected chi connectivity index (χ4v) is 4.07. The lowest BCUT2D eigenvalue weighted by atomic mass is 10.1. The van der Waals surface area contributed by atoms with Gasteiger partial charge in [-0.15, -0.1) is 0 Å². The van der Waals surface area contributed by atoms with Crippen LogP contribution in [0.25, 0.3) is 0 Å². The minimum absolute atomic E-state index is 0.0569. The van der Waals surface area contributed by atoms with Crippen molar-refractivity contribution in [3.05, 3.63) is 59.2 Å². The van der Waals surface area contributed by atoms with Gasteiger partial charge in [0.1, 0.15) is 11.6 Å². The lowest BCUT2D eigenvalue weighted by Crippen LogP contribution is -2.29. The van der Waals surface area contributed by atoms with Gasteiger partial charge in [0.15, 0.2) is 0 Å². The molecule has 0 aromatic heterocycles. The quantitative estimate of drug-likeness (QED) is 0.763. The molecule has 9 heteroatoms. The normalized spacial score (nSPS) is 14.8. The number of alkyl halides is 3. The Bertz CT molecular complexity index is 891. The van der Waals surface area contributed by atoms with E-state index < -0.39 is 33.4 Å². The number of hydrogen-bond donors (Lipinski definition) is 0. The average Bonchev–Trinajstić information content (AvgIpc) is 2.91. The minimum atomic E-state index is -4.59. The van der Waals surface area contributed by atoms with Gasteiger partial charge in [-0.05, 0) is 36.8 Å². The first kappa shape index (κ1) is 16.7. The minimum Gasteiger partial charge on any atom is -0.266 e. The van der Waals surface area contributed by atoms with Gasteiger partial charge in [-0.3, -0.25) is 4.31 Å². The van der Waals surface area contributed by atoms with Gasteiger partial charge in [-0.1, -0.05) is 0 Å². The zero-order valence-electron chi connectivity index (χ0n) is 11.9. The molecular weight excluding hydrogens is 353 g/mol. The third kappa shape index (κ3) is 2.72. The van der Waals surface area contributed by atoms with Gasteiger partial charge in [0.05, 0.1) is 16.1 Å². The van der Waals surface area contributed by atoms with Crippen LogP contribution in [0.5, 0.6) is 0 Å². The SMILES string of the molecule is O=S(=O)(c1ccc(C(F)(F)F)cc1)N1CCc2c(F)cc(F)cc21. The van der Waals surface area contributed by atoms with Crippen molar-refractivity contribution in [2.75, 3.05) is 10.8 Å². The van der Waals surface area contributed by atoms with Gasteiger partial charge < -0.3 is 0 Å². The Kier molecular flexibility index (Phi) is 3.78. The zero-order valence-corrected chi connectivity index (χ0v) is 12.8. The van der Waals surface area contributed by atoms with E-state index in [-0.39, 0.29) is 29.1 Å². The smallest absolute Gasteiger partial charge is 0.266 e. The molecule has 128 valence electrons. The molecule has 3 nitrogen and oxygen atoms in total. The van der Waals surface area contributed by atoms with Gasteiger partial charge in [-0.2, -0.15) is 13.2 Å². The number of anilines is 1. The van der Waals surface area contributed by atoms with Crippen LogP contribution < -0.4 is 4.31 Å². The summed E-state index contributed by atoms with van der Waals surface area (Å²) in [4.78, 5) is -0.381. The van der Waals surface area contributed by atoms with Crippen molar-refractivity contribution in [1.82, 2.24) is 0 Å². The molecule has 0 radical (unpaired) electrons. The number of rotatable bonds is 2. The highest BCUT2D eigenvalue weighted by molar-refractivity contribution is 7.92. The first-order valence-electron chi connectivity index (χ1n) is 6.78. The van der Waals surface area contributed by atoms with Crippen LogP contribution in [-0.2, 0) is 22.6 Å². The van der Waals surface area contributed by atoms with E-state index in [1.807, 2.05) is 0 Å². The number of nitrogens with zero attached hydrogens (tertiary/aromatic N) is 1. The van der Waals surface area contributed by atoms with Crippen LogP contribution in [0.3, 0.4) is 0 Å². The Morgan fingerprint density at radius 2 is 1.62 bits per heavy atom. The fraction of sp³-hybridized carbons (Fsp3) is 0.200. The lowest BCUT2D eigenvalue weighted by Gasteiger charge is -2.20. The molecule has 0 fully saturated rings. The average molecular weight is 363 g/mol. The van der Waals surface area contributed by atoms with E-state index in [4.69, 9.17) is 0 Å². The lowest BCUT2D eigenvalue weighted by molar-refractivity contribution is -0.137. The van der Waals surface area contributed by atoms with E-state index >= 15 is 0 Å². The molecule has 3 rings (SSSR count). The van der Waals surface area contributed by atoms with Crippen molar-refractivity contribution in [2.24, 2.45) is 0 Å². The molecule has 0 amide bonds. The van der Waals surface area contributed by atoms with Crippen LogP contribution in [0.4, 0.5) is 27.6 Å². The van der Waals surface area contributed by atoms with E-state index in [0.717, 1.165) is 22.5 Å². The standard InChI is InChI=1S/C15H10F5NO2S/c16-10-7-13(17)12-5-6-21(14(12)8-10)24(22,23)11-3-1-9(2-4-11)15(18,19)20/h1-4,7-8H,5-6H2. The second-order valence-electron chi connectivity index (χ2n) is 5.23. The maximum atomic E-state index is 13.7. The van der Waals surface area contributed by atoms with E-state index in [9.17, 15) is 30.4 Å². The predicted molar refractivity (Wildman–Crippen MR) is 76.0 cm³/mol. The van der Waals surface area contributed by atoms with Gasteiger partial charge in [0, 0.05) is 18.2 Å². The van der Waals surface area contributed by atoms with E-state index in [1.54, 1.807) is 0 Å². The van der Waals surface area contributed by atoms with Crippen LogP contribution in [0.2, 0.25) is 0 Å². The molecule has 0 atom stereocenters. The highest BCUT2D eigenvalue weighted by atomic mass is 32.2. The molecule has 1 aliphatic rings. The van der Waals surface area contributed by atoms with Gasteiger partial charge in [-0.25, -0.2) is 17.2 Å². The van der Waals surface area contributed by atoms with Crippen molar-refractivity contribution in [1.29, 1.82) is 0 Å². The van der Waals surface area contributed by atoms with Crippen LogP contribution in [0.15, 0.2) is 41.3 Å². The summed E-state index contributed by atoms with van der Waals surface area (Å²) >= 11 is 0. The Morgan fingerprint density at radius 3 is 2.21 bits per heavy atom. The molecule has 0 spiro atoms. The highest BCUT2D eigenvalue weighted by Crippen LogP contribution is 2.36. The second-order valence-corrected chi connectivity index (χ2v) is 7.10. The number of fused-ring (bicyclic) bond motifs is 1. The molecule has 1 heterocycles. The third-order valence-corrected chi connectivity index (χ3v) is 5.57. The Labute approximate surface area is 134 Å². The van der Waals surface area contributed by atoms with Gasteiger partial charge in [0.25, 0.3) is 10.0 Å². The van der Waals surface area contributed by atoms with Crippen molar-refractivity contribution in [2.45, 2.75) is 17.5 Å². The molecule has 0 bridgehead atoms. The van der Waals surface area contributed by atoms with Crippen LogP contribution in [-0.4, -0.2) is 15.0 Å². The predicted octanol–water partition coefficient (Wildman–Crippen LogP) is 3.74. The topological polar surface area (TPSA) is 37.4 Å². The molecular formula is C15H10F5NO2S. The Morgan fingerprint density at radius 1 is 1.00 bits per heavy atom. The summed E-state index contributed by atoms with van der Waals surface area (Å²) in [7, 11) is -4.22. The molecule has 2 aromatic rings. The summed E-state index contributed by atoms with van der Waals surface area (Å²) in [5.74, 6) is -1.78. The van der Waals surface area contributed by atoms with Gasteiger partial charge in [0.2, 0.25) is 0 Å². The summed E-state index contributed by atoms with van der Waals surface area (Å²) in [5, 5.41) is 0. The van der Waals surface area contributed by atoms with E-state index in [2.05, 4.69) is 0 Å². The molecule has 2 aromatic carbocycles. The zero-order chi connectivity index (χ0) is 17.7. The number of benzene rings is 2. The van der Waals surface area contributed by atoms with Crippen LogP contribution >= 0.6 is 0 Å². The summed E-state index contributed by atoms with van der Waals surface area (Å²) < 4.78 is 90.7. The summed E-state index contributed by atoms with van der Waals surface area (Å²) in [6, 6.07) is 4.50. The Balaban J connectivity index is 2.02. The van der Waals surface area contributed by atoms with Crippen molar-refractivity contribution in [3.8, 4) is 0 Å². The number of hydrogen-bond acceptors (Lipinski definition) is 2. The highest BCUT2D eigenvalue weighted by Gasteiger charge is 2.34. The molecule has 0 saturated heterocycles. The van der Waals surface area contributed by atoms with Crippen LogP contribution in [0.1, 0.15) is 11.1 Å². The van der Waals surface area contributed by atoms with Crippen LogP contribution in [0, 0.1) is 11.6 Å². The molecule has 0 unspecified atom stereocenters. The van der Waals surface area contributed by atoms with Crippen molar-refractivity contribution >= 4 is 15.7 Å². The second kappa shape index (κ2) is 5.44. The van der Waals surface area contributed by atoms with Crippen molar-refractivity contribution < 1.29 is 30.4 Å². The first-order valence-corrected chi connectivity index (χ1v) is 8.22. The summed E-state index contributed by atoms with van der Waals surface area (Å²) in [6.45, 7) is -0.112. The largest absolute Gasteiger partial charge is 0.416 e. The molecule has 1 aliphatic heterocycles. The molecule has 24 heavy (non-hydrogen) atoms. The summed E-state index contributed by atoms with van der Waals surface area (Å²) in [5.41, 5.74) is -1.06. The molecule has 0 saturated carbocycles. The van der Waals surface area contributed by atoms with E-state index in [0.29, 0.717) is 18.2 Å². The fourth-order valence-electron chi connectivity index (χ4n) is 2.59. The number of halogens is 5. The van der Waals surface area contributed by atoms with Gasteiger partial charge >= 0.3 is 6.18 Å². The van der Waals surface area contributed by atoms with Crippen molar-refractivity contribution in [3.63, 3.8) is 0 Å². The monoisotopic (exact) mass is 363 g/mol. The molecule has 0 N–H and O–H groups in total. The number of sulfonamides is 1. The molecule has 0 aliphatic carbocycles. The summed E-state index contributed by atoms with van der Waals surface area (Å²) in [6.07, 6.45) is -4.53. The Hall–Kier alpha value is -2.16.